The minimum atomic E-state index is -0.0177. The maximum Gasteiger partial charge on any atom is 0.305 e. The van der Waals surface area contributed by atoms with Crippen LogP contribution in [0.4, 0.5) is 0 Å². The summed E-state index contributed by atoms with van der Waals surface area (Å²) in [6.07, 6.45) is 25.8. The molecular formula is C28H49NO2. The number of allylic oxidation sites excluding steroid dienone is 3. The molecule has 178 valence electrons. The van der Waals surface area contributed by atoms with Crippen molar-refractivity contribution in [3.05, 3.63) is 49.9 Å². The molecule has 0 aliphatic rings. The zero-order valence-corrected chi connectivity index (χ0v) is 20.4. The van der Waals surface area contributed by atoms with Crippen LogP contribution in [0.15, 0.2) is 49.9 Å². The average molecular weight is 432 g/mol. The van der Waals surface area contributed by atoms with E-state index in [0.717, 1.165) is 45.1 Å². The van der Waals surface area contributed by atoms with Crippen molar-refractivity contribution in [2.45, 2.75) is 110 Å². The van der Waals surface area contributed by atoms with Gasteiger partial charge in [-0.1, -0.05) is 96.1 Å². The van der Waals surface area contributed by atoms with Crippen LogP contribution >= 0.6 is 0 Å². The summed E-state index contributed by atoms with van der Waals surface area (Å²) in [6.45, 7) is 15.5. The lowest BCUT2D eigenvalue weighted by Crippen LogP contribution is -2.10. The molecule has 0 fully saturated rings. The fraction of sp³-hybridized carbons (Fsp3) is 0.679. The second-order valence-electron chi connectivity index (χ2n) is 8.46. The van der Waals surface area contributed by atoms with E-state index in [1.165, 1.54) is 63.4 Å². The van der Waals surface area contributed by atoms with Gasteiger partial charge in [0.2, 0.25) is 0 Å². The third kappa shape index (κ3) is 21.3. The van der Waals surface area contributed by atoms with Crippen molar-refractivity contribution < 1.29 is 9.53 Å². The molecule has 0 amide bonds. The van der Waals surface area contributed by atoms with E-state index in [4.69, 9.17) is 4.74 Å². The van der Waals surface area contributed by atoms with Crippen molar-refractivity contribution in [2.75, 3.05) is 13.2 Å². The molecule has 0 heterocycles. The van der Waals surface area contributed by atoms with Crippen molar-refractivity contribution >= 4 is 5.97 Å². The Kier molecular flexibility index (Phi) is 21.6. The largest absolute Gasteiger partial charge is 0.466 e. The first-order valence-corrected chi connectivity index (χ1v) is 12.6. The predicted molar refractivity (Wildman–Crippen MR) is 136 cm³/mol. The van der Waals surface area contributed by atoms with Crippen LogP contribution in [0.3, 0.4) is 0 Å². The fourth-order valence-corrected chi connectivity index (χ4v) is 3.53. The van der Waals surface area contributed by atoms with Gasteiger partial charge in [-0.3, -0.25) is 4.79 Å². The van der Waals surface area contributed by atoms with E-state index in [1.807, 2.05) is 18.5 Å². The molecule has 0 aromatic rings. The first kappa shape index (κ1) is 29.2. The van der Waals surface area contributed by atoms with Gasteiger partial charge in [0.25, 0.3) is 0 Å². The van der Waals surface area contributed by atoms with E-state index in [1.54, 1.807) is 6.08 Å². The zero-order chi connectivity index (χ0) is 23.0. The standard InChI is InChI=1S/C28H49NO2/c1-5-8-10-11-12-16-19-26-31-28(30)23-18-15-13-14-17-21-27(4)22-20-25-29(7-3)24-9-6-2/h6-7,9,24H,2-5,8,10-23,25-26H2,1H3/b24-9-. The summed E-state index contributed by atoms with van der Waals surface area (Å²) in [5.41, 5.74) is 1.34. The summed E-state index contributed by atoms with van der Waals surface area (Å²) in [5.74, 6) is -0.0177. The number of unbranched alkanes of at least 4 members (excludes halogenated alkanes) is 10. The molecule has 0 saturated heterocycles. The first-order valence-electron chi connectivity index (χ1n) is 12.6. The van der Waals surface area contributed by atoms with Crippen LogP contribution in [0, 0.1) is 0 Å². The molecule has 0 rings (SSSR count). The molecule has 0 saturated carbocycles. The Labute approximate surface area is 193 Å². The number of carbonyl (C=O) groups is 1. The van der Waals surface area contributed by atoms with Crippen LogP contribution in [0.25, 0.3) is 0 Å². The Hall–Kier alpha value is -1.77. The fourth-order valence-electron chi connectivity index (χ4n) is 3.53. The number of esters is 1. The molecule has 0 aliphatic carbocycles. The molecule has 3 heteroatoms. The molecule has 0 N–H and O–H groups in total. The van der Waals surface area contributed by atoms with Gasteiger partial charge in [0.05, 0.1) is 6.61 Å². The van der Waals surface area contributed by atoms with E-state index in [-0.39, 0.29) is 5.97 Å². The zero-order valence-electron chi connectivity index (χ0n) is 20.4. The topological polar surface area (TPSA) is 29.5 Å². The highest BCUT2D eigenvalue weighted by Crippen LogP contribution is 2.15. The third-order valence-corrected chi connectivity index (χ3v) is 5.52. The molecule has 0 aromatic heterocycles. The molecule has 0 unspecified atom stereocenters. The lowest BCUT2D eigenvalue weighted by atomic mass is 10.0. The van der Waals surface area contributed by atoms with Gasteiger partial charge in [0.1, 0.15) is 0 Å². The molecule has 0 bridgehead atoms. The van der Waals surface area contributed by atoms with Crippen LogP contribution in [-0.2, 0) is 9.53 Å². The van der Waals surface area contributed by atoms with E-state index < -0.39 is 0 Å². The van der Waals surface area contributed by atoms with E-state index in [2.05, 4.69) is 31.6 Å². The van der Waals surface area contributed by atoms with Gasteiger partial charge >= 0.3 is 5.97 Å². The maximum absolute atomic E-state index is 11.8. The van der Waals surface area contributed by atoms with Gasteiger partial charge in [-0.2, -0.15) is 0 Å². The van der Waals surface area contributed by atoms with Gasteiger partial charge in [0.15, 0.2) is 0 Å². The van der Waals surface area contributed by atoms with Crippen LogP contribution in [0.5, 0.6) is 0 Å². The van der Waals surface area contributed by atoms with Gasteiger partial charge in [-0.15, -0.1) is 0 Å². The lowest BCUT2D eigenvalue weighted by Gasteiger charge is -2.15. The molecule has 0 atom stereocenters. The van der Waals surface area contributed by atoms with E-state index >= 15 is 0 Å². The molecule has 0 aliphatic heterocycles. The van der Waals surface area contributed by atoms with Crippen molar-refractivity contribution in [3.63, 3.8) is 0 Å². The highest BCUT2D eigenvalue weighted by molar-refractivity contribution is 5.69. The first-order chi connectivity index (χ1) is 15.1. The normalized spacial score (nSPS) is 10.9. The molecular weight excluding hydrogens is 382 g/mol. The van der Waals surface area contributed by atoms with Crippen molar-refractivity contribution in [3.8, 4) is 0 Å². The highest BCUT2D eigenvalue weighted by atomic mass is 16.5. The molecule has 31 heavy (non-hydrogen) atoms. The lowest BCUT2D eigenvalue weighted by molar-refractivity contribution is -0.143. The van der Waals surface area contributed by atoms with Crippen molar-refractivity contribution in [1.82, 2.24) is 4.90 Å². The summed E-state index contributed by atoms with van der Waals surface area (Å²) >= 11 is 0. The van der Waals surface area contributed by atoms with Crippen LogP contribution in [-0.4, -0.2) is 24.0 Å². The molecule has 0 aromatic carbocycles. The van der Waals surface area contributed by atoms with Crippen LogP contribution in [0.2, 0.25) is 0 Å². The molecule has 3 nitrogen and oxygen atoms in total. The maximum atomic E-state index is 11.8. The SMILES string of the molecule is C=C/C=C\N(C=C)CCCC(=C)CCCCCCCC(=O)OCCCCCCCCC. The number of hydrogen-bond donors (Lipinski definition) is 0. The average Bonchev–Trinajstić information content (AvgIpc) is 2.77. The number of hydrogen-bond acceptors (Lipinski definition) is 3. The van der Waals surface area contributed by atoms with E-state index in [0.29, 0.717) is 13.0 Å². The molecule has 0 spiro atoms. The number of carbonyl (C=O) groups excluding carboxylic acids is 1. The Bertz CT molecular complexity index is 495. The van der Waals surface area contributed by atoms with E-state index in [9.17, 15) is 4.79 Å². The minimum absolute atomic E-state index is 0.0177. The predicted octanol–water partition coefficient (Wildman–Crippen LogP) is 8.49. The summed E-state index contributed by atoms with van der Waals surface area (Å²) in [4.78, 5) is 13.8. The highest BCUT2D eigenvalue weighted by Gasteiger charge is 2.03. The van der Waals surface area contributed by atoms with Crippen LogP contribution in [0.1, 0.15) is 110 Å². The summed E-state index contributed by atoms with van der Waals surface area (Å²) < 4.78 is 5.34. The Morgan fingerprint density at radius 3 is 2.03 bits per heavy atom. The quantitative estimate of drug-likeness (QED) is 0.0703. The minimum Gasteiger partial charge on any atom is -0.466 e. The summed E-state index contributed by atoms with van der Waals surface area (Å²) in [6, 6.07) is 0. The summed E-state index contributed by atoms with van der Waals surface area (Å²) in [7, 11) is 0. The van der Waals surface area contributed by atoms with Crippen molar-refractivity contribution in [2.24, 2.45) is 0 Å². The Balaban J connectivity index is 3.45. The summed E-state index contributed by atoms with van der Waals surface area (Å²) in [5, 5.41) is 0. The smallest absolute Gasteiger partial charge is 0.305 e. The Morgan fingerprint density at radius 2 is 1.39 bits per heavy atom. The molecule has 0 radical (unpaired) electrons. The van der Waals surface area contributed by atoms with Gasteiger partial charge in [0, 0.05) is 19.2 Å². The van der Waals surface area contributed by atoms with Gasteiger partial charge in [-0.25, -0.2) is 0 Å². The Morgan fingerprint density at radius 1 is 0.806 bits per heavy atom. The number of nitrogens with zero attached hydrogens (tertiary/aromatic N) is 1. The second kappa shape index (κ2) is 22.9. The van der Waals surface area contributed by atoms with Crippen LogP contribution < -0.4 is 0 Å². The monoisotopic (exact) mass is 431 g/mol. The third-order valence-electron chi connectivity index (χ3n) is 5.52. The number of rotatable bonds is 23. The van der Waals surface area contributed by atoms with Crippen molar-refractivity contribution in [1.29, 1.82) is 0 Å². The van der Waals surface area contributed by atoms with Gasteiger partial charge in [-0.05, 0) is 50.8 Å². The number of ether oxygens (including phenoxy) is 1. The van der Waals surface area contributed by atoms with Gasteiger partial charge < -0.3 is 9.64 Å². The second-order valence-corrected chi connectivity index (χ2v) is 8.46.